The van der Waals surface area contributed by atoms with Gasteiger partial charge in [-0.05, 0) is 72.0 Å². The minimum Gasteiger partial charge on any atom is -0.497 e. The molecule has 13 heteroatoms. The average molecular weight is 589 g/mol. The highest BCUT2D eigenvalue weighted by Gasteiger charge is 2.48. The second-order valence-electron chi connectivity index (χ2n) is 8.84. The van der Waals surface area contributed by atoms with E-state index in [-0.39, 0.29) is 17.1 Å². The van der Waals surface area contributed by atoms with Gasteiger partial charge in [0.1, 0.15) is 5.75 Å². The fraction of sp³-hybridized carbons (Fsp3) is 0.296. The fourth-order valence-corrected chi connectivity index (χ4v) is 6.65. The van der Waals surface area contributed by atoms with Gasteiger partial charge in [0.15, 0.2) is 12.1 Å². The number of fused-ring (bicyclic) bond motifs is 1. The van der Waals surface area contributed by atoms with Crippen molar-refractivity contribution in [3.05, 3.63) is 76.0 Å². The Morgan fingerprint density at radius 2 is 1.77 bits per heavy atom. The van der Waals surface area contributed by atoms with Gasteiger partial charge in [0.05, 0.1) is 29.1 Å². The lowest BCUT2D eigenvalue weighted by Crippen LogP contribution is -2.51. The molecule has 0 fully saturated rings. The highest BCUT2D eigenvalue weighted by molar-refractivity contribution is 7.89. The van der Waals surface area contributed by atoms with E-state index in [2.05, 4.69) is 5.32 Å². The van der Waals surface area contributed by atoms with Gasteiger partial charge in [0.25, 0.3) is 0 Å². The number of nitrogens with zero attached hydrogens (tertiary/aromatic N) is 1. The number of amides is 1. The van der Waals surface area contributed by atoms with Crippen LogP contribution in [0, 0.1) is 0 Å². The van der Waals surface area contributed by atoms with Crippen LogP contribution in [0.2, 0.25) is 0 Å². The molecule has 212 valence electrons. The van der Waals surface area contributed by atoms with Crippen molar-refractivity contribution in [3.8, 4) is 5.75 Å². The first kappa shape index (κ1) is 29.1. The van der Waals surface area contributed by atoms with Crippen molar-refractivity contribution in [2.45, 2.75) is 43.4 Å². The molecule has 4 rings (SSSR count). The summed E-state index contributed by atoms with van der Waals surface area (Å²) in [5, 5.41) is 14.3. The predicted octanol–water partition coefficient (Wildman–Crippen LogP) is 4.66. The molecule has 2 N–H and O–H groups in total. The van der Waals surface area contributed by atoms with Crippen LogP contribution in [0.15, 0.2) is 64.9 Å². The van der Waals surface area contributed by atoms with Gasteiger partial charge < -0.3 is 19.3 Å². The van der Waals surface area contributed by atoms with Crippen LogP contribution in [0.5, 0.6) is 5.75 Å². The van der Waals surface area contributed by atoms with Crippen molar-refractivity contribution in [1.82, 2.24) is 4.31 Å². The number of carbonyl (C=O) groups excluding carboxylic acids is 2. The number of carbonyl (C=O) groups is 3. The number of rotatable bonds is 10. The highest BCUT2D eigenvalue weighted by Crippen LogP contribution is 2.41. The number of ether oxygens (including phenoxy) is 3. The lowest BCUT2D eigenvalue weighted by atomic mass is 10.0. The van der Waals surface area contributed by atoms with Crippen molar-refractivity contribution >= 4 is 45.1 Å². The Morgan fingerprint density at radius 1 is 1.07 bits per heavy atom. The first-order valence-corrected chi connectivity index (χ1v) is 14.7. The van der Waals surface area contributed by atoms with Crippen LogP contribution in [-0.2, 0) is 30.8 Å². The lowest BCUT2D eigenvalue weighted by molar-refractivity contribution is -0.146. The standard InChI is InChI=1S/C27H28N2O9S2/c1-3-4-14-37-26(32)17-5-7-19(8-6-17)28-27(33)38-23-22(25(30)31)29(16-18-13-15-39-24(18)23)40(34,35)21-11-9-20(36-2)10-12-21/h5-13,15,22-23H,3-4,14,16H2,1-2H3,(H,28,33)(H,30,31). The van der Waals surface area contributed by atoms with Crippen molar-refractivity contribution < 1.29 is 42.1 Å². The van der Waals surface area contributed by atoms with E-state index in [0.29, 0.717) is 28.4 Å². The largest absolute Gasteiger partial charge is 0.497 e. The maximum absolute atomic E-state index is 13.6. The van der Waals surface area contributed by atoms with E-state index < -0.39 is 40.2 Å². The van der Waals surface area contributed by atoms with Crippen LogP contribution in [0.3, 0.4) is 0 Å². The molecule has 2 heterocycles. The van der Waals surface area contributed by atoms with Crippen LogP contribution >= 0.6 is 11.3 Å². The second kappa shape index (κ2) is 12.5. The van der Waals surface area contributed by atoms with E-state index in [1.54, 1.807) is 11.4 Å². The zero-order valence-electron chi connectivity index (χ0n) is 21.7. The third kappa shape index (κ3) is 6.27. The van der Waals surface area contributed by atoms with Gasteiger partial charge in [-0.3, -0.25) is 10.1 Å². The summed E-state index contributed by atoms with van der Waals surface area (Å²) < 4.78 is 43.7. The monoisotopic (exact) mass is 588 g/mol. The van der Waals surface area contributed by atoms with Crippen LogP contribution in [0.4, 0.5) is 10.5 Å². The van der Waals surface area contributed by atoms with Gasteiger partial charge in [-0.1, -0.05) is 13.3 Å². The maximum Gasteiger partial charge on any atom is 0.412 e. The molecular weight excluding hydrogens is 560 g/mol. The topological polar surface area (TPSA) is 149 Å². The molecule has 40 heavy (non-hydrogen) atoms. The highest BCUT2D eigenvalue weighted by atomic mass is 32.2. The number of esters is 1. The molecule has 11 nitrogen and oxygen atoms in total. The SMILES string of the molecule is CCCCOC(=O)c1ccc(NC(=O)OC2c3sccc3CN(S(=O)(=O)c3ccc(OC)cc3)C2C(=O)O)cc1. The van der Waals surface area contributed by atoms with E-state index in [1.165, 1.54) is 67.0 Å². The molecule has 0 spiro atoms. The number of thiophene rings is 1. The van der Waals surface area contributed by atoms with Gasteiger partial charge in [-0.15, -0.1) is 11.3 Å². The summed E-state index contributed by atoms with van der Waals surface area (Å²) in [6, 6.07) is 11.4. The number of hydrogen-bond acceptors (Lipinski definition) is 9. The van der Waals surface area contributed by atoms with Crippen molar-refractivity contribution in [3.63, 3.8) is 0 Å². The molecule has 1 aromatic heterocycles. The summed E-state index contributed by atoms with van der Waals surface area (Å²) in [7, 11) is -2.86. The number of carboxylic acid groups (broad SMARTS) is 1. The number of hydrogen-bond donors (Lipinski definition) is 2. The van der Waals surface area contributed by atoms with E-state index in [1.807, 2.05) is 6.92 Å². The number of aliphatic carboxylic acids is 1. The molecule has 0 bridgehead atoms. The normalized spacial score (nSPS) is 16.9. The van der Waals surface area contributed by atoms with Gasteiger partial charge in [0.2, 0.25) is 10.0 Å². The third-order valence-corrected chi connectivity index (χ3v) is 9.08. The number of methoxy groups -OCH3 is 1. The quantitative estimate of drug-likeness (QED) is 0.255. The first-order valence-electron chi connectivity index (χ1n) is 12.4. The zero-order chi connectivity index (χ0) is 28.9. The second-order valence-corrected chi connectivity index (χ2v) is 11.7. The molecule has 0 aliphatic carbocycles. The summed E-state index contributed by atoms with van der Waals surface area (Å²) in [6.45, 7) is 2.08. The van der Waals surface area contributed by atoms with E-state index in [9.17, 15) is 27.9 Å². The van der Waals surface area contributed by atoms with E-state index in [0.717, 1.165) is 17.1 Å². The van der Waals surface area contributed by atoms with Crippen molar-refractivity contribution in [2.24, 2.45) is 0 Å². The first-order chi connectivity index (χ1) is 19.1. The Bertz CT molecular complexity index is 1470. The fourth-order valence-electron chi connectivity index (χ4n) is 4.12. The summed E-state index contributed by atoms with van der Waals surface area (Å²) in [4.78, 5) is 37.7. The van der Waals surface area contributed by atoms with Crippen molar-refractivity contribution in [1.29, 1.82) is 0 Å². The number of anilines is 1. The third-order valence-electron chi connectivity index (χ3n) is 6.21. The molecule has 1 amide bonds. The Hall–Kier alpha value is -3.94. The van der Waals surface area contributed by atoms with Crippen LogP contribution in [0.1, 0.15) is 46.7 Å². The molecule has 0 saturated carbocycles. The summed E-state index contributed by atoms with van der Waals surface area (Å²) in [5.74, 6) is -1.52. The summed E-state index contributed by atoms with van der Waals surface area (Å²) >= 11 is 1.17. The predicted molar refractivity (Wildman–Crippen MR) is 146 cm³/mol. The molecule has 1 aliphatic rings. The molecule has 2 atom stereocenters. The lowest BCUT2D eigenvalue weighted by Gasteiger charge is -2.37. The number of nitrogens with one attached hydrogen (secondary N) is 1. The minimum atomic E-state index is -4.30. The van der Waals surface area contributed by atoms with Gasteiger partial charge >= 0.3 is 18.0 Å². The zero-order valence-corrected chi connectivity index (χ0v) is 23.4. The molecule has 3 aromatic rings. The van der Waals surface area contributed by atoms with Gasteiger partial charge in [-0.25, -0.2) is 18.0 Å². The molecule has 1 aliphatic heterocycles. The van der Waals surface area contributed by atoms with Crippen LogP contribution < -0.4 is 10.1 Å². The van der Waals surface area contributed by atoms with Gasteiger partial charge in [0, 0.05) is 12.2 Å². The Labute approximate surface area is 235 Å². The Balaban J connectivity index is 1.54. The number of sulfonamides is 1. The minimum absolute atomic E-state index is 0.130. The smallest absolute Gasteiger partial charge is 0.412 e. The van der Waals surface area contributed by atoms with Crippen molar-refractivity contribution in [2.75, 3.05) is 19.0 Å². The molecule has 0 saturated heterocycles. The summed E-state index contributed by atoms with van der Waals surface area (Å²) in [5.41, 5.74) is 1.12. The summed E-state index contributed by atoms with van der Waals surface area (Å²) in [6.07, 6.45) is -0.764. The van der Waals surface area contributed by atoms with E-state index >= 15 is 0 Å². The maximum atomic E-state index is 13.6. The Morgan fingerprint density at radius 3 is 2.40 bits per heavy atom. The molecule has 0 radical (unpaired) electrons. The Kier molecular flexibility index (Phi) is 9.07. The van der Waals surface area contributed by atoms with Crippen LogP contribution in [0.25, 0.3) is 0 Å². The molecule has 2 aromatic carbocycles. The number of carboxylic acids is 1. The van der Waals surface area contributed by atoms with Gasteiger partial charge in [-0.2, -0.15) is 4.31 Å². The molecule has 2 unspecified atom stereocenters. The number of benzene rings is 2. The van der Waals surface area contributed by atoms with Crippen LogP contribution in [-0.4, -0.2) is 55.6 Å². The average Bonchev–Trinajstić information content (AvgIpc) is 3.42. The molecular formula is C27H28N2O9S2. The number of unbranched alkanes of at least 4 members (excludes halogenated alkanes) is 1. The van der Waals surface area contributed by atoms with E-state index in [4.69, 9.17) is 14.2 Å².